The normalized spacial score (nSPS) is 13.0. The molecule has 0 fully saturated rings. The highest BCUT2D eigenvalue weighted by atomic mass is 35.5. The van der Waals surface area contributed by atoms with Gasteiger partial charge in [-0.2, -0.15) is 13.2 Å². The van der Waals surface area contributed by atoms with Crippen LogP contribution in [0, 0.1) is 6.92 Å². The third-order valence-electron chi connectivity index (χ3n) is 3.21. The summed E-state index contributed by atoms with van der Waals surface area (Å²) in [5, 5.41) is 12.1. The van der Waals surface area contributed by atoms with Gasteiger partial charge < -0.3 is 10.4 Å². The van der Waals surface area contributed by atoms with Crippen molar-refractivity contribution in [2.45, 2.75) is 32.7 Å². The maximum Gasteiger partial charge on any atom is 0.416 e. The van der Waals surface area contributed by atoms with E-state index in [2.05, 4.69) is 15.3 Å². The van der Waals surface area contributed by atoms with E-state index in [1.807, 2.05) is 0 Å². The van der Waals surface area contributed by atoms with E-state index in [1.165, 1.54) is 0 Å². The number of anilines is 1. The molecule has 0 radical (unpaired) electrons. The topological polar surface area (TPSA) is 58.0 Å². The minimum Gasteiger partial charge on any atom is -0.389 e. The lowest BCUT2D eigenvalue weighted by molar-refractivity contribution is -0.137. The molecule has 124 valence electrons. The number of halogens is 4. The number of nitrogens with zero attached hydrogens (tertiary/aromatic N) is 2. The molecule has 23 heavy (non-hydrogen) atoms. The summed E-state index contributed by atoms with van der Waals surface area (Å²) in [4.78, 5) is 8.11. The SMILES string of the molecule is Cc1nc(CNc2cc(C(F)(F)F)cc(Cl)n2)ccc1[C@@H](C)O. The Labute approximate surface area is 136 Å². The van der Waals surface area contributed by atoms with Gasteiger partial charge in [0.2, 0.25) is 0 Å². The molecular formula is C15H15ClF3N3O. The molecule has 0 aliphatic carbocycles. The smallest absolute Gasteiger partial charge is 0.389 e. The van der Waals surface area contributed by atoms with Crippen LogP contribution >= 0.6 is 11.6 Å². The maximum absolute atomic E-state index is 12.7. The average Bonchev–Trinajstić information content (AvgIpc) is 2.43. The Morgan fingerprint density at radius 3 is 2.52 bits per heavy atom. The lowest BCUT2D eigenvalue weighted by Crippen LogP contribution is -2.09. The maximum atomic E-state index is 12.7. The van der Waals surface area contributed by atoms with E-state index >= 15 is 0 Å². The first kappa shape index (κ1) is 17.5. The van der Waals surface area contributed by atoms with E-state index < -0.39 is 17.8 Å². The van der Waals surface area contributed by atoms with Gasteiger partial charge >= 0.3 is 6.18 Å². The molecule has 0 unspecified atom stereocenters. The summed E-state index contributed by atoms with van der Waals surface area (Å²) in [5.41, 5.74) is 1.11. The van der Waals surface area contributed by atoms with Crippen LogP contribution in [0.5, 0.6) is 0 Å². The zero-order chi connectivity index (χ0) is 17.2. The number of pyridine rings is 2. The van der Waals surface area contributed by atoms with Crippen LogP contribution in [0.15, 0.2) is 24.3 Å². The number of aryl methyl sites for hydroxylation is 1. The molecule has 8 heteroatoms. The van der Waals surface area contributed by atoms with E-state index in [9.17, 15) is 18.3 Å². The van der Waals surface area contributed by atoms with Crippen LogP contribution in [-0.4, -0.2) is 15.1 Å². The first-order chi connectivity index (χ1) is 10.7. The summed E-state index contributed by atoms with van der Waals surface area (Å²) < 4.78 is 38.2. The fourth-order valence-corrected chi connectivity index (χ4v) is 2.30. The van der Waals surface area contributed by atoms with Gasteiger partial charge in [-0.25, -0.2) is 4.98 Å². The summed E-state index contributed by atoms with van der Waals surface area (Å²) in [6.45, 7) is 3.58. The van der Waals surface area contributed by atoms with E-state index in [0.29, 0.717) is 17.0 Å². The van der Waals surface area contributed by atoms with Crippen molar-refractivity contribution < 1.29 is 18.3 Å². The molecule has 0 aliphatic rings. The molecular weight excluding hydrogens is 331 g/mol. The second-order valence-electron chi connectivity index (χ2n) is 5.07. The van der Waals surface area contributed by atoms with Crippen molar-refractivity contribution in [2.24, 2.45) is 0 Å². The van der Waals surface area contributed by atoms with Crippen molar-refractivity contribution >= 4 is 17.4 Å². The zero-order valence-electron chi connectivity index (χ0n) is 12.4. The summed E-state index contributed by atoms with van der Waals surface area (Å²) in [6.07, 6.45) is -5.12. The Kier molecular flexibility index (Phi) is 5.11. The van der Waals surface area contributed by atoms with Gasteiger partial charge in [-0.05, 0) is 32.0 Å². The number of aromatic nitrogens is 2. The van der Waals surface area contributed by atoms with Crippen LogP contribution in [0.1, 0.15) is 35.5 Å². The summed E-state index contributed by atoms with van der Waals surface area (Å²) in [5.74, 6) is 0.0175. The van der Waals surface area contributed by atoms with Crippen molar-refractivity contribution in [1.82, 2.24) is 9.97 Å². The van der Waals surface area contributed by atoms with Gasteiger partial charge in [-0.1, -0.05) is 17.7 Å². The molecule has 0 aromatic carbocycles. The van der Waals surface area contributed by atoms with Gasteiger partial charge in [0.25, 0.3) is 0 Å². The van der Waals surface area contributed by atoms with Crippen LogP contribution in [-0.2, 0) is 12.7 Å². The Bertz CT molecular complexity index is 705. The molecule has 0 amide bonds. The summed E-state index contributed by atoms with van der Waals surface area (Å²) >= 11 is 5.62. The minimum atomic E-state index is -4.49. The highest BCUT2D eigenvalue weighted by molar-refractivity contribution is 6.29. The lowest BCUT2D eigenvalue weighted by Gasteiger charge is -2.12. The molecule has 2 N–H and O–H groups in total. The molecule has 0 bridgehead atoms. The van der Waals surface area contributed by atoms with E-state index in [0.717, 1.165) is 12.1 Å². The third-order valence-corrected chi connectivity index (χ3v) is 3.40. The number of hydrogen-bond acceptors (Lipinski definition) is 4. The lowest BCUT2D eigenvalue weighted by atomic mass is 10.1. The second kappa shape index (κ2) is 6.72. The van der Waals surface area contributed by atoms with E-state index in [4.69, 9.17) is 11.6 Å². The van der Waals surface area contributed by atoms with Crippen LogP contribution < -0.4 is 5.32 Å². The monoisotopic (exact) mass is 345 g/mol. The molecule has 4 nitrogen and oxygen atoms in total. The fraction of sp³-hybridized carbons (Fsp3) is 0.333. The quantitative estimate of drug-likeness (QED) is 0.818. The average molecular weight is 346 g/mol. The van der Waals surface area contributed by atoms with Crippen molar-refractivity contribution in [2.75, 3.05) is 5.32 Å². The predicted octanol–water partition coefficient (Wildman–Crippen LogP) is 4.12. The molecule has 0 saturated heterocycles. The number of aliphatic hydroxyl groups excluding tert-OH is 1. The summed E-state index contributed by atoms with van der Waals surface area (Å²) in [7, 11) is 0. The van der Waals surface area contributed by atoms with E-state index in [1.54, 1.807) is 26.0 Å². The van der Waals surface area contributed by atoms with Crippen molar-refractivity contribution in [3.63, 3.8) is 0 Å². The molecule has 0 aliphatic heterocycles. The van der Waals surface area contributed by atoms with Crippen LogP contribution in [0.4, 0.5) is 19.0 Å². The number of alkyl halides is 3. The second-order valence-corrected chi connectivity index (χ2v) is 5.46. The van der Waals surface area contributed by atoms with Crippen LogP contribution in [0.3, 0.4) is 0 Å². The molecule has 2 heterocycles. The van der Waals surface area contributed by atoms with Crippen molar-refractivity contribution in [3.05, 3.63) is 51.9 Å². The van der Waals surface area contributed by atoms with Crippen LogP contribution in [0.2, 0.25) is 5.15 Å². The molecule has 2 aromatic heterocycles. The number of nitrogens with one attached hydrogen (secondary N) is 1. The van der Waals surface area contributed by atoms with Gasteiger partial charge in [0, 0.05) is 11.3 Å². The standard InChI is InChI=1S/C15H15ClF3N3O/c1-8-12(9(2)23)4-3-11(21-8)7-20-14-6-10(15(17,18)19)5-13(16)22-14/h3-6,9,23H,7H2,1-2H3,(H,20,22)/t9-/m1/s1. The first-order valence-corrected chi connectivity index (χ1v) is 7.18. The van der Waals surface area contributed by atoms with E-state index in [-0.39, 0.29) is 17.5 Å². The zero-order valence-corrected chi connectivity index (χ0v) is 13.2. The van der Waals surface area contributed by atoms with Gasteiger partial charge in [0.05, 0.1) is 23.9 Å². The highest BCUT2D eigenvalue weighted by Crippen LogP contribution is 2.32. The van der Waals surface area contributed by atoms with Crippen molar-refractivity contribution in [3.8, 4) is 0 Å². The summed E-state index contributed by atoms with van der Waals surface area (Å²) in [6, 6.07) is 5.09. The van der Waals surface area contributed by atoms with Crippen molar-refractivity contribution in [1.29, 1.82) is 0 Å². The number of aliphatic hydroxyl groups is 1. The first-order valence-electron chi connectivity index (χ1n) is 6.80. The molecule has 2 aromatic rings. The number of rotatable bonds is 4. The Balaban J connectivity index is 2.15. The Morgan fingerprint density at radius 2 is 1.96 bits per heavy atom. The van der Waals surface area contributed by atoms with Crippen LogP contribution in [0.25, 0.3) is 0 Å². The molecule has 1 atom stereocenters. The Hall–Kier alpha value is -1.86. The largest absolute Gasteiger partial charge is 0.416 e. The third kappa shape index (κ3) is 4.56. The minimum absolute atomic E-state index is 0.0175. The van der Waals surface area contributed by atoms with Gasteiger partial charge in [-0.15, -0.1) is 0 Å². The van der Waals surface area contributed by atoms with Gasteiger partial charge in [-0.3, -0.25) is 4.98 Å². The molecule has 0 saturated carbocycles. The molecule has 0 spiro atoms. The van der Waals surface area contributed by atoms with Gasteiger partial charge in [0.15, 0.2) is 0 Å². The highest BCUT2D eigenvalue weighted by Gasteiger charge is 2.31. The van der Waals surface area contributed by atoms with Gasteiger partial charge in [0.1, 0.15) is 11.0 Å². The number of hydrogen-bond donors (Lipinski definition) is 2. The Morgan fingerprint density at radius 1 is 1.26 bits per heavy atom. The molecule has 2 rings (SSSR count). The fourth-order valence-electron chi connectivity index (χ4n) is 2.10. The predicted molar refractivity (Wildman–Crippen MR) is 81.2 cm³/mol.